The van der Waals surface area contributed by atoms with Gasteiger partial charge in [-0.15, -0.1) is 11.8 Å². The third-order valence-corrected chi connectivity index (χ3v) is 4.58. The van der Waals surface area contributed by atoms with Gasteiger partial charge in [0, 0.05) is 11.3 Å². The first kappa shape index (κ1) is 20.6. The first-order valence-corrected chi connectivity index (χ1v) is 9.73. The molecule has 0 atom stereocenters. The van der Waals surface area contributed by atoms with Crippen molar-refractivity contribution >= 4 is 29.3 Å². The number of amides is 2. The van der Waals surface area contributed by atoms with Gasteiger partial charge >= 0.3 is 0 Å². The highest BCUT2D eigenvalue weighted by Gasteiger charge is 2.09. The van der Waals surface area contributed by atoms with Gasteiger partial charge in [-0.05, 0) is 37.6 Å². The quantitative estimate of drug-likeness (QED) is 0.454. The molecule has 2 rings (SSSR count). The minimum atomic E-state index is -0.398. The lowest BCUT2D eigenvalue weighted by Gasteiger charge is -2.12. The second-order valence-corrected chi connectivity index (χ2v) is 6.65. The second kappa shape index (κ2) is 11.1. The van der Waals surface area contributed by atoms with Crippen LogP contribution < -0.4 is 20.5 Å². The second-order valence-electron chi connectivity index (χ2n) is 5.63. The van der Waals surface area contributed by atoms with Gasteiger partial charge in [-0.25, -0.2) is 0 Å². The van der Waals surface area contributed by atoms with E-state index >= 15 is 0 Å². The summed E-state index contributed by atoms with van der Waals surface area (Å²) in [7, 11) is 0. The van der Waals surface area contributed by atoms with Crippen LogP contribution in [0, 0.1) is 0 Å². The minimum Gasteiger partial charge on any atom is -0.490 e. The molecule has 0 saturated carbocycles. The Balaban J connectivity index is 1.79. The van der Waals surface area contributed by atoms with E-state index in [0.29, 0.717) is 43.2 Å². The van der Waals surface area contributed by atoms with Crippen molar-refractivity contribution in [2.24, 2.45) is 5.73 Å². The Hall–Kier alpha value is -2.67. The highest BCUT2D eigenvalue weighted by molar-refractivity contribution is 8.00. The smallest absolute Gasteiger partial charge is 0.227 e. The summed E-state index contributed by atoms with van der Waals surface area (Å²) in [5.74, 6) is 1.03. The van der Waals surface area contributed by atoms with Crippen LogP contribution >= 0.6 is 11.8 Å². The fourth-order valence-corrected chi connectivity index (χ4v) is 3.06. The van der Waals surface area contributed by atoms with E-state index in [9.17, 15) is 9.59 Å². The van der Waals surface area contributed by atoms with E-state index in [1.54, 1.807) is 6.07 Å². The topological polar surface area (TPSA) is 90.7 Å². The van der Waals surface area contributed by atoms with Crippen LogP contribution in [0.2, 0.25) is 0 Å². The molecule has 0 fully saturated rings. The van der Waals surface area contributed by atoms with Crippen LogP contribution in [0.1, 0.15) is 19.8 Å². The molecule has 2 aromatic rings. The molecule has 2 aromatic carbocycles. The van der Waals surface area contributed by atoms with E-state index in [-0.39, 0.29) is 11.7 Å². The summed E-state index contributed by atoms with van der Waals surface area (Å²) in [5.41, 5.74) is 5.86. The van der Waals surface area contributed by atoms with Crippen LogP contribution in [0.5, 0.6) is 11.5 Å². The van der Waals surface area contributed by atoms with E-state index in [1.807, 2.05) is 49.4 Å². The van der Waals surface area contributed by atoms with Gasteiger partial charge < -0.3 is 20.5 Å². The Bertz CT molecular complexity index is 767. The maximum atomic E-state index is 12.2. The minimum absolute atomic E-state index is 0.108. The Morgan fingerprint density at radius 3 is 2.41 bits per heavy atom. The Morgan fingerprint density at radius 1 is 1.04 bits per heavy atom. The van der Waals surface area contributed by atoms with Gasteiger partial charge in [0.15, 0.2) is 11.5 Å². The van der Waals surface area contributed by atoms with Crippen LogP contribution in [-0.2, 0) is 9.59 Å². The molecular weight excluding hydrogens is 364 g/mol. The fourth-order valence-electron chi connectivity index (χ4n) is 2.32. The van der Waals surface area contributed by atoms with Crippen molar-refractivity contribution in [3.8, 4) is 11.5 Å². The van der Waals surface area contributed by atoms with E-state index in [0.717, 1.165) is 4.90 Å². The number of para-hydroxylation sites is 3. The summed E-state index contributed by atoms with van der Waals surface area (Å²) in [6.07, 6.45) is 0.897. The molecule has 0 unspecified atom stereocenters. The molecule has 7 heteroatoms. The Morgan fingerprint density at radius 2 is 1.70 bits per heavy atom. The molecule has 0 heterocycles. The molecule has 0 bridgehead atoms. The standard InChI is InChI=1S/C20H24N2O4S/c1-2-25-16-9-4-5-10-17(16)26-13-7-12-20(24)22-15-8-3-6-11-18(15)27-14-19(21)23/h3-6,8-11H,2,7,12-14H2,1H3,(H2,21,23)(H,22,24). The van der Waals surface area contributed by atoms with Crippen molar-refractivity contribution in [2.45, 2.75) is 24.7 Å². The van der Waals surface area contributed by atoms with Gasteiger partial charge in [0.05, 0.1) is 24.7 Å². The summed E-state index contributed by atoms with van der Waals surface area (Å²) in [5, 5.41) is 2.87. The number of nitrogens with two attached hydrogens (primary N) is 1. The zero-order valence-electron chi connectivity index (χ0n) is 15.3. The first-order chi connectivity index (χ1) is 13.1. The highest BCUT2D eigenvalue weighted by atomic mass is 32.2. The predicted octanol–water partition coefficient (Wildman–Crippen LogP) is 3.46. The van der Waals surface area contributed by atoms with Crippen LogP contribution in [0.25, 0.3) is 0 Å². The third kappa shape index (κ3) is 7.22. The Labute approximate surface area is 163 Å². The summed E-state index contributed by atoms with van der Waals surface area (Å²) in [6, 6.07) is 14.8. The van der Waals surface area contributed by atoms with Gasteiger partial charge in [-0.3, -0.25) is 9.59 Å². The summed E-state index contributed by atoms with van der Waals surface area (Å²) in [4.78, 5) is 24.0. The summed E-state index contributed by atoms with van der Waals surface area (Å²) >= 11 is 1.30. The van der Waals surface area contributed by atoms with E-state index in [4.69, 9.17) is 15.2 Å². The maximum absolute atomic E-state index is 12.2. The van der Waals surface area contributed by atoms with Crippen LogP contribution in [-0.4, -0.2) is 30.8 Å². The van der Waals surface area contributed by atoms with Crippen LogP contribution in [0.15, 0.2) is 53.4 Å². The van der Waals surface area contributed by atoms with Gasteiger partial charge in [-0.1, -0.05) is 24.3 Å². The number of rotatable bonds is 11. The highest BCUT2D eigenvalue weighted by Crippen LogP contribution is 2.27. The lowest BCUT2D eigenvalue weighted by molar-refractivity contribution is -0.116. The lowest BCUT2D eigenvalue weighted by Crippen LogP contribution is -2.15. The van der Waals surface area contributed by atoms with Gasteiger partial charge in [0.2, 0.25) is 11.8 Å². The molecule has 144 valence electrons. The molecule has 0 spiro atoms. The number of anilines is 1. The number of hydrogen-bond donors (Lipinski definition) is 2. The SMILES string of the molecule is CCOc1ccccc1OCCCC(=O)Nc1ccccc1SCC(N)=O. The molecule has 3 N–H and O–H groups in total. The molecule has 0 aliphatic carbocycles. The molecule has 6 nitrogen and oxygen atoms in total. The molecule has 0 aromatic heterocycles. The van der Waals surface area contributed by atoms with E-state index in [2.05, 4.69) is 5.32 Å². The first-order valence-electron chi connectivity index (χ1n) is 8.74. The molecule has 0 radical (unpaired) electrons. The van der Waals surface area contributed by atoms with E-state index in [1.165, 1.54) is 11.8 Å². The normalized spacial score (nSPS) is 10.3. The van der Waals surface area contributed by atoms with Crippen LogP contribution in [0.3, 0.4) is 0 Å². The van der Waals surface area contributed by atoms with Crippen LogP contribution in [0.4, 0.5) is 5.69 Å². The van der Waals surface area contributed by atoms with Gasteiger partial charge in [0.25, 0.3) is 0 Å². The van der Waals surface area contributed by atoms with Crippen molar-refractivity contribution in [1.29, 1.82) is 0 Å². The van der Waals surface area contributed by atoms with Gasteiger partial charge in [0.1, 0.15) is 0 Å². The lowest BCUT2D eigenvalue weighted by atomic mass is 10.2. The molecule has 0 aliphatic heterocycles. The average molecular weight is 388 g/mol. The molecular formula is C20H24N2O4S. The predicted molar refractivity (Wildman–Crippen MR) is 107 cm³/mol. The molecule has 0 saturated heterocycles. The number of benzene rings is 2. The van der Waals surface area contributed by atoms with Crippen molar-refractivity contribution in [1.82, 2.24) is 0 Å². The molecule has 27 heavy (non-hydrogen) atoms. The number of thioether (sulfide) groups is 1. The number of carbonyl (C=O) groups excluding carboxylic acids is 2. The third-order valence-electron chi connectivity index (χ3n) is 3.49. The maximum Gasteiger partial charge on any atom is 0.227 e. The van der Waals surface area contributed by atoms with Crippen molar-refractivity contribution in [2.75, 3.05) is 24.3 Å². The van der Waals surface area contributed by atoms with Gasteiger partial charge in [-0.2, -0.15) is 0 Å². The largest absolute Gasteiger partial charge is 0.490 e. The molecule has 2 amide bonds. The number of nitrogens with one attached hydrogen (secondary N) is 1. The number of ether oxygens (including phenoxy) is 2. The average Bonchev–Trinajstić information content (AvgIpc) is 2.66. The summed E-state index contributed by atoms with van der Waals surface area (Å²) < 4.78 is 11.2. The number of hydrogen-bond acceptors (Lipinski definition) is 5. The van der Waals surface area contributed by atoms with Crippen molar-refractivity contribution < 1.29 is 19.1 Å². The zero-order valence-corrected chi connectivity index (χ0v) is 16.1. The zero-order chi connectivity index (χ0) is 19.5. The monoisotopic (exact) mass is 388 g/mol. The molecule has 0 aliphatic rings. The fraction of sp³-hybridized carbons (Fsp3) is 0.300. The van der Waals surface area contributed by atoms with Crippen molar-refractivity contribution in [3.05, 3.63) is 48.5 Å². The van der Waals surface area contributed by atoms with Crippen molar-refractivity contribution in [3.63, 3.8) is 0 Å². The number of carbonyl (C=O) groups is 2. The summed E-state index contributed by atoms with van der Waals surface area (Å²) in [6.45, 7) is 2.90. The number of primary amides is 1. The Kier molecular flexibility index (Phi) is 8.51. The van der Waals surface area contributed by atoms with E-state index < -0.39 is 5.91 Å².